The molecule has 0 bridgehead atoms. The number of nitrogens with one attached hydrogen (secondary N) is 1. The first-order valence-corrected chi connectivity index (χ1v) is 11.0. The highest BCUT2D eigenvalue weighted by Crippen LogP contribution is 2.23. The number of carbonyl (C=O) groups is 2. The summed E-state index contributed by atoms with van der Waals surface area (Å²) in [5.41, 5.74) is 0.844. The first-order chi connectivity index (χ1) is 14.3. The Labute approximate surface area is 174 Å². The number of benzene rings is 2. The van der Waals surface area contributed by atoms with Crippen LogP contribution < -0.4 is 5.32 Å². The maximum absolute atomic E-state index is 13.2. The molecular formula is C21H23FN2O5S. The van der Waals surface area contributed by atoms with E-state index in [1.807, 2.05) is 0 Å². The van der Waals surface area contributed by atoms with Crippen molar-refractivity contribution in [3.8, 4) is 0 Å². The van der Waals surface area contributed by atoms with Gasteiger partial charge in [0.05, 0.1) is 10.5 Å². The highest BCUT2D eigenvalue weighted by atomic mass is 32.2. The molecule has 0 radical (unpaired) electrons. The van der Waals surface area contributed by atoms with Gasteiger partial charge in [0.25, 0.3) is 5.91 Å². The number of rotatable bonds is 6. The molecule has 0 atom stereocenters. The van der Waals surface area contributed by atoms with Crippen LogP contribution >= 0.6 is 0 Å². The van der Waals surface area contributed by atoms with Gasteiger partial charge in [0.1, 0.15) is 5.82 Å². The zero-order chi connectivity index (χ0) is 21.7. The van der Waals surface area contributed by atoms with Gasteiger partial charge in [-0.15, -0.1) is 0 Å². The van der Waals surface area contributed by atoms with Crippen molar-refractivity contribution >= 4 is 27.6 Å². The van der Waals surface area contributed by atoms with Gasteiger partial charge in [-0.25, -0.2) is 17.6 Å². The second kappa shape index (κ2) is 9.36. The maximum atomic E-state index is 13.2. The number of hydrogen-bond donors (Lipinski definition) is 1. The number of aryl methyl sites for hydroxylation is 1. The lowest BCUT2D eigenvalue weighted by Crippen LogP contribution is -2.35. The van der Waals surface area contributed by atoms with E-state index in [2.05, 4.69) is 5.32 Å². The molecule has 1 saturated heterocycles. The van der Waals surface area contributed by atoms with E-state index >= 15 is 0 Å². The average molecular weight is 434 g/mol. The zero-order valence-corrected chi connectivity index (χ0v) is 17.4. The lowest BCUT2D eigenvalue weighted by Gasteiger charge is -2.26. The number of carbonyl (C=O) groups excluding carboxylic acids is 2. The molecule has 0 aromatic heterocycles. The van der Waals surface area contributed by atoms with Gasteiger partial charge >= 0.3 is 5.97 Å². The molecule has 30 heavy (non-hydrogen) atoms. The topological polar surface area (TPSA) is 92.8 Å². The minimum atomic E-state index is -3.70. The summed E-state index contributed by atoms with van der Waals surface area (Å²) >= 11 is 0. The fraction of sp³-hybridized carbons (Fsp3) is 0.333. The normalized spacial score (nSPS) is 14.9. The molecular weight excluding hydrogens is 411 g/mol. The summed E-state index contributed by atoms with van der Waals surface area (Å²) in [6.07, 6.45) is 2.61. The molecule has 1 aliphatic heterocycles. The van der Waals surface area contributed by atoms with Crippen LogP contribution in [0.3, 0.4) is 0 Å². The quantitative estimate of drug-likeness (QED) is 0.706. The average Bonchev–Trinajstić information content (AvgIpc) is 2.73. The third kappa shape index (κ3) is 5.22. The Kier molecular flexibility index (Phi) is 6.84. The standard InChI is InChI=1S/C21H23FN2O5S/c1-15-8-9-18(30(27,28)24-10-3-2-4-11-24)13-19(15)21(26)29-14-20(25)23-17-7-5-6-16(22)12-17/h5-9,12-13H,2-4,10-11,14H2,1H3,(H,23,25). The molecule has 1 amide bonds. The molecule has 0 saturated carbocycles. The van der Waals surface area contributed by atoms with Crippen LogP contribution in [0.25, 0.3) is 0 Å². The number of hydrogen-bond acceptors (Lipinski definition) is 5. The molecule has 1 fully saturated rings. The van der Waals surface area contributed by atoms with Gasteiger partial charge in [0, 0.05) is 18.8 Å². The molecule has 2 aromatic carbocycles. The highest BCUT2D eigenvalue weighted by molar-refractivity contribution is 7.89. The van der Waals surface area contributed by atoms with Gasteiger partial charge < -0.3 is 10.1 Å². The van der Waals surface area contributed by atoms with Crippen molar-refractivity contribution in [3.05, 3.63) is 59.4 Å². The van der Waals surface area contributed by atoms with Crippen LogP contribution in [0.4, 0.5) is 10.1 Å². The van der Waals surface area contributed by atoms with Crippen LogP contribution in [-0.4, -0.2) is 44.3 Å². The summed E-state index contributed by atoms with van der Waals surface area (Å²) in [7, 11) is -3.70. The third-order valence-electron chi connectivity index (χ3n) is 4.82. The monoisotopic (exact) mass is 434 g/mol. The highest BCUT2D eigenvalue weighted by Gasteiger charge is 2.27. The number of amides is 1. The van der Waals surface area contributed by atoms with E-state index in [9.17, 15) is 22.4 Å². The predicted octanol–water partition coefficient (Wildman–Crippen LogP) is 3.10. The molecule has 7 nitrogen and oxygen atoms in total. The van der Waals surface area contributed by atoms with Crippen LogP contribution in [0.1, 0.15) is 35.2 Å². The number of esters is 1. The van der Waals surface area contributed by atoms with Crippen molar-refractivity contribution in [2.45, 2.75) is 31.1 Å². The van der Waals surface area contributed by atoms with Crippen LogP contribution in [0, 0.1) is 12.7 Å². The molecule has 1 N–H and O–H groups in total. The van der Waals surface area contributed by atoms with Gasteiger partial charge in [-0.1, -0.05) is 18.6 Å². The minimum absolute atomic E-state index is 0.0196. The predicted molar refractivity (Wildman–Crippen MR) is 109 cm³/mol. The summed E-state index contributed by atoms with van der Waals surface area (Å²) in [6, 6.07) is 9.61. The number of halogens is 1. The molecule has 1 heterocycles. The molecule has 0 unspecified atom stereocenters. The fourth-order valence-corrected chi connectivity index (χ4v) is 4.75. The summed E-state index contributed by atoms with van der Waals surface area (Å²) in [4.78, 5) is 24.4. The van der Waals surface area contributed by atoms with E-state index < -0.39 is 34.3 Å². The van der Waals surface area contributed by atoms with Crippen LogP contribution in [0.5, 0.6) is 0 Å². The Morgan fingerprint density at radius 3 is 2.53 bits per heavy atom. The van der Waals surface area contributed by atoms with Crippen molar-refractivity contribution in [2.75, 3.05) is 25.0 Å². The molecule has 0 aliphatic carbocycles. The van der Waals surface area contributed by atoms with Crippen LogP contribution in [0.2, 0.25) is 0 Å². The van der Waals surface area contributed by atoms with E-state index in [1.54, 1.807) is 13.0 Å². The number of ether oxygens (including phenoxy) is 1. The van der Waals surface area contributed by atoms with E-state index in [4.69, 9.17) is 4.74 Å². The number of piperidine rings is 1. The van der Waals surface area contributed by atoms with E-state index in [1.165, 1.54) is 34.6 Å². The summed E-state index contributed by atoms with van der Waals surface area (Å²) in [5, 5.41) is 2.42. The van der Waals surface area contributed by atoms with E-state index in [-0.39, 0.29) is 16.1 Å². The Balaban J connectivity index is 1.68. The van der Waals surface area contributed by atoms with Gasteiger partial charge in [-0.05, 0) is 55.7 Å². The van der Waals surface area contributed by atoms with Crippen molar-refractivity contribution in [1.82, 2.24) is 4.31 Å². The van der Waals surface area contributed by atoms with Gasteiger partial charge in [0.15, 0.2) is 6.61 Å². The van der Waals surface area contributed by atoms with Crippen molar-refractivity contribution in [1.29, 1.82) is 0 Å². The summed E-state index contributed by atoms with van der Waals surface area (Å²) < 4.78 is 45.3. The molecule has 9 heteroatoms. The molecule has 160 valence electrons. The Morgan fingerprint density at radius 1 is 1.10 bits per heavy atom. The van der Waals surface area contributed by atoms with E-state index in [0.717, 1.165) is 25.3 Å². The Hall–Kier alpha value is -2.78. The van der Waals surface area contributed by atoms with Gasteiger partial charge in [-0.3, -0.25) is 4.79 Å². The first-order valence-electron chi connectivity index (χ1n) is 9.61. The molecule has 3 rings (SSSR count). The Bertz CT molecular complexity index is 1050. The van der Waals surface area contributed by atoms with Crippen molar-refractivity contribution in [2.24, 2.45) is 0 Å². The van der Waals surface area contributed by atoms with Crippen LogP contribution in [-0.2, 0) is 19.6 Å². The van der Waals surface area contributed by atoms with E-state index in [0.29, 0.717) is 18.7 Å². The number of nitrogens with zero attached hydrogens (tertiary/aromatic N) is 1. The SMILES string of the molecule is Cc1ccc(S(=O)(=O)N2CCCCC2)cc1C(=O)OCC(=O)Nc1cccc(F)c1. The third-order valence-corrected chi connectivity index (χ3v) is 6.72. The fourth-order valence-electron chi connectivity index (χ4n) is 3.21. The smallest absolute Gasteiger partial charge is 0.338 e. The lowest BCUT2D eigenvalue weighted by molar-refractivity contribution is -0.119. The number of sulfonamides is 1. The number of anilines is 1. The van der Waals surface area contributed by atoms with Crippen LogP contribution in [0.15, 0.2) is 47.4 Å². The Morgan fingerprint density at radius 2 is 1.83 bits per heavy atom. The largest absolute Gasteiger partial charge is 0.452 e. The molecule has 2 aromatic rings. The van der Waals surface area contributed by atoms with Gasteiger partial charge in [-0.2, -0.15) is 4.31 Å². The van der Waals surface area contributed by atoms with Gasteiger partial charge in [0.2, 0.25) is 10.0 Å². The lowest BCUT2D eigenvalue weighted by atomic mass is 10.1. The second-order valence-electron chi connectivity index (χ2n) is 7.08. The van der Waals surface area contributed by atoms with Crippen molar-refractivity contribution in [3.63, 3.8) is 0 Å². The second-order valence-corrected chi connectivity index (χ2v) is 9.01. The molecule has 0 spiro atoms. The van der Waals surface area contributed by atoms with Crippen molar-refractivity contribution < 1.29 is 27.1 Å². The summed E-state index contributed by atoms with van der Waals surface area (Å²) in [5.74, 6) is -1.95. The maximum Gasteiger partial charge on any atom is 0.338 e. The molecule has 1 aliphatic rings. The summed E-state index contributed by atoms with van der Waals surface area (Å²) in [6.45, 7) is 1.98. The zero-order valence-electron chi connectivity index (χ0n) is 16.6. The first kappa shape index (κ1) is 21.9. The minimum Gasteiger partial charge on any atom is -0.452 e.